The van der Waals surface area contributed by atoms with Gasteiger partial charge >= 0.3 is 5.97 Å². The quantitative estimate of drug-likeness (QED) is 0.680. The molecule has 0 fully saturated rings. The average molecular weight is 216 g/mol. The van der Waals surface area contributed by atoms with Crippen molar-refractivity contribution in [2.75, 3.05) is 6.61 Å². The molecular formula is C11H20O4. The summed E-state index contributed by atoms with van der Waals surface area (Å²) in [6.45, 7) is 6.65. The molecule has 0 saturated heterocycles. The highest BCUT2D eigenvalue weighted by atomic mass is 16.5. The maximum Gasteiger partial charge on any atom is 0.315 e. The molecule has 0 radical (unpaired) electrons. The summed E-state index contributed by atoms with van der Waals surface area (Å²) in [5, 5.41) is 9.66. The molecule has 0 saturated carbocycles. The summed E-state index contributed by atoms with van der Waals surface area (Å²) in [5.41, 5.74) is -1.08. The predicted octanol–water partition coefficient (Wildman–Crippen LogP) is 1.31. The van der Waals surface area contributed by atoms with Gasteiger partial charge in [0.1, 0.15) is 11.2 Å². The second-order valence-electron chi connectivity index (χ2n) is 3.78. The van der Waals surface area contributed by atoms with Gasteiger partial charge in [-0.15, -0.1) is 0 Å². The van der Waals surface area contributed by atoms with Gasteiger partial charge in [0.25, 0.3) is 0 Å². The van der Waals surface area contributed by atoms with Gasteiger partial charge in [0, 0.05) is 6.42 Å². The summed E-state index contributed by atoms with van der Waals surface area (Å²) >= 11 is 0. The lowest BCUT2D eigenvalue weighted by Crippen LogP contribution is -2.43. The van der Waals surface area contributed by atoms with E-state index in [9.17, 15) is 14.7 Å². The zero-order valence-corrected chi connectivity index (χ0v) is 9.87. The molecule has 0 aliphatic rings. The molecule has 15 heavy (non-hydrogen) atoms. The standard InChI is InChI=1S/C11H20O4/c1-5-11(9(4)13,7-8(3)12)10(14)15-6-2/h9,13H,5-7H2,1-4H3. The Hall–Kier alpha value is -0.900. The largest absolute Gasteiger partial charge is 0.465 e. The van der Waals surface area contributed by atoms with Crippen LogP contribution in [0.15, 0.2) is 0 Å². The van der Waals surface area contributed by atoms with E-state index in [2.05, 4.69) is 0 Å². The molecule has 0 aromatic rings. The number of ketones is 1. The van der Waals surface area contributed by atoms with Crippen molar-refractivity contribution in [2.45, 2.75) is 46.6 Å². The lowest BCUT2D eigenvalue weighted by Gasteiger charge is -2.32. The van der Waals surface area contributed by atoms with E-state index in [0.717, 1.165) is 0 Å². The Kier molecular flexibility index (Phi) is 5.50. The van der Waals surface area contributed by atoms with Gasteiger partial charge in [-0.1, -0.05) is 6.92 Å². The third kappa shape index (κ3) is 3.30. The number of Topliss-reactive ketones (excluding diaryl/α,β-unsaturated/α-hetero) is 1. The van der Waals surface area contributed by atoms with Crippen LogP contribution in [0.4, 0.5) is 0 Å². The first kappa shape index (κ1) is 14.1. The van der Waals surface area contributed by atoms with E-state index in [0.29, 0.717) is 6.42 Å². The number of rotatable bonds is 6. The fourth-order valence-corrected chi connectivity index (χ4v) is 1.67. The number of hydrogen-bond acceptors (Lipinski definition) is 4. The third-order valence-electron chi connectivity index (χ3n) is 2.68. The highest BCUT2D eigenvalue weighted by Gasteiger charge is 2.43. The molecule has 1 N–H and O–H groups in total. The first-order chi connectivity index (χ1) is 6.90. The van der Waals surface area contributed by atoms with Crippen LogP contribution in [0.5, 0.6) is 0 Å². The molecule has 0 spiro atoms. The number of esters is 1. The zero-order chi connectivity index (χ0) is 12.1. The molecule has 0 heterocycles. The van der Waals surface area contributed by atoms with Gasteiger partial charge in [-0.25, -0.2) is 0 Å². The maximum absolute atomic E-state index is 11.7. The molecule has 0 aliphatic carbocycles. The number of hydrogen-bond donors (Lipinski definition) is 1. The summed E-state index contributed by atoms with van der Waals surface area (Å²) in [6, 6.07) is 0. The smallest absolute Gasteiger partial charge is 0.315 e. The fraction of sp³-hybridized carbons (Fsp3) is 0.818. The van der Waals surface area contributed by atoms with Gasteiger partial charge in [-0.2, -0.15) is 0 Å². The van der Waals surface area contributed by atoms with Crippen LogP contribution in [-0.4, -0.2) is 29.6 Å². The van der Waals surface area contributed by atoms with Crippen molar-refractivity contribution >= 4 is 11.8 Å². The molecule has 0 rings (SSSR count). The van der Waals surface area contributed by atoms with E-state index < -0.39 is 17.5 Å². The fourth-order valence-electron chi connectivity index (χ4n) is 1.67. The first-order valence-corrected chi connectivity index (χ1v) is 5.25. The van der Waals surface area contributed by atoms with Crippen LogP contribution in [0, 0.1) is 5.41 Å². The van der Waals surface area contributed by atoms with Crippen molar-refractivity contribution < 1.29 is 19.4 Å². The van der Waals surface area contributed by atoms with E-state index in [1.807, 2.05) is 0 Å². The molecule has 2 unspecified atom stereocenters. The Morgan fingerprint density at radius 2 is 1.93 bits per heavy atom. The second-order valence-corrected chi connectivity index (χ2v) is 3.78. The van der Waals surface area contributed by atoms with Crippen molar-refractivity contribution in [1.82, 2.24) is 0 Å². The Balaban J connectivity index is 4.96. The van der Waals surface area contributed by atoms with Crippen molar-refractivity contribution in [3.8, 4) is 0 Å². The minimum absolute atomic E-state index is 0.0278. The van der Waals surface area contributed by atoms with Crippen LogP contribution in [-0.2, 0) is 14.3 Å². The average Bonchev–Trinajstić information content (AvgIpc) is 2.13. The molecule has 88 valence electrons. The van der Waals surface area contributed by atoms with Crippen molar-refractivity contribution in [2.24, 2.45) is 5.41 Å². The summed E-state index contributed by atoms with van der Waals surface area (Å²) < 4.78 is 4.91. The van der Waals surface area contributed by atoms with Crippen LogP contribution < -0.4 is 0 Å². The number of aliphatic hydroxyl groups excluding tert-OH is 1. The number of aliphatic hydroxyl groups is 1. The normalized spacial score (nSPS) is 16.6. The highest BCUT2D eigenvalue weighted by Crippen LogP contribution is 2.32. The minimum atomic E-state index is -1.08. The highest BCUT2D eigenvalue weighted by molar-refractivity contribution is 5.86. The summed E-state index contributed by atoms with van der Waals surface area (Å²) in [7, 11) is 0. The van der Waals surface area contributed by atoms with Crippen LogP contribution in [0.1, 0.15) is 40.5 Å². The van der Waals surface area contributed by atoms with Gasteiger partial charge in [-0.3, -0.25) is 9.59 Å². The predicted molar refractivity (Wildman–Crippen MR) is 56.3 cm³/mol. The van der Waals surface area contributed by atoms with Gasteiger partial charge in [-0.05, 0) is 27.2 Å². The lowest BCUT2D eigenvalue weighted by molar-refractivity contribution is -0.165. The minimum Gasteiger partial charge on any atom is -0.465 e. The Bertz CT molecular complexity index is 235. The van der Waals surface area contributed by atoms with Crippen molar-refractivity contribution in [3.63, 3.8) is 0 Å². The van der Waals surface area contributed by atoms with Gasteiger partial charge in [0.2, 0.25) is 0 Å². The molecule has 0 amide bonds. The summed E-state index contributed by atoms with van der Waals surface area (Å²) in [4.78, 5) is 22.9. The summed E-state index contributed by atoms with van der Waals surface area (Å²) in [6.07, 6.45) is -0.464. The van der Waals surface area contributed by atoms with Gasteiger partial charge in [0.05, 0.1) is 12.7 Å². The first-order valence-electron chi connectivity index (χ1n) is 5.25. The topological polar surface area (TPSA) is 63.6 Å². The van der Waals surface area contributed by atoms with Gasteiger partial charge < -0.3 is 9.84 Å². The lowest BCUT2D eigenvalue weighted by atomic mass is 9.76. The van der Waals surface area contributed by atoms with E-state index >= 15 is 0 Å². The van der Waals surface area contributed by atoms with Crippen molar-refractivity contribution in [1.29, 1.82) is 0 Å². The second kappa shape index (κ2) is 5.85. The molecule has 0 aliphatic heterocycles. The molecule has 2 atom stereocenters. The Morgan fingerprint density at radius 1 is 1.40 bits per heavy atom. The van der Waals surface area contributed by atoms with Crippen LogP contribution in [0.25, 0.3) is 0 Å². The number of ether oxygens (including phenoxy) is 1. The van der Waals surface area contributed by atoms with Crippen LogP contribution in [0.2, 0.25) is 0 Å². The number of carbonyl (C=O) groups is 2. The third-order valence-corrected chi connectivity index (χ3v) is 2.68. The molecule has 0 aromatic heterocycles. The van der Waals surface area contributed by atoms with E-state index in [-0.39, 0.29) is 18.8 Å². The Morgan fingerprint density at radius 3 is 2.20 bits per heavy atom. The molecular weight excluding hydrogens is 196 g/mol. The summed E-state index contributed by atoms with van der Waals surface area (Å²) in [5.74, 6) is -0.608. The van der Waals surface area contributed by atoms with Crippen LogP contribution in [0.3, 0.4) is 0 Å². The van der Waals surface area contributed by atoms with E-state index in [1.165, 1.54) is 13.8 Å². The number of carbonyl (C=O) groups excluding carboxylic acids is 2. The molecule has 0 aromatic carbocycles. The maximum atomic E-state index is 11.7. The zero-order valence-electron chi connectivity index (χ0n) is 9.87. The molecule has 4 heteroatoms. The molecule has 4 nitrogen and oxygen atoms in total. The van der Waals surface area contributed by atoms with E-state index in [1.54, 1.807) is 13.8 Å². The monoisotopic (exact) mass is 216 g/mol. The van der Waals surface area contributed by atoms with Crippen LogP contribution >= 0.6 is 0 Å². The van der Waals surface area contributed by atoms with E-state index in [4.69, 9.17) is 4.74 Å². The molecule has 0 bridgehead atoms. The Labute approximate surface area is 90.6 Å². The van der Waals surface area contributed by atoms with Crippen molar-refractivity contribution in [3.05, 3.63) is 0 Å². The SMILES string of the molecule is CCOC(=O)C(CC)(CC(C)=O)C(C)O. The van der Waals surface area contributed by atoms with Gasteiger partial charge in [0.15, 0.2) is 0 Å².